The van der Waals surface area contributed by atoms with Crippen molar-refractivity contribution in [2.45, 2.75) is 25.3 Å². The van der Waals surface area contributed by atoms with E-state index in [4.69, 9.17) is 0 Å². The molecule has 3 atom stereocenters. The Morgan fingerprint density at radius 3 is 2.94 bits per heavy atom. The fourth-order valence-electron chi connectivity index (χ4n) is 3.91. The first-order valence-electron chi connectivity index (χ1n) is 6.66. The Balaban J connectivity index is 1.88. The second-order valence-corrected chi connectivity index (χ2v) is 5.52. The fourth-order valence-corrected chi connectivity index (χ4v) is 3.91. The zero-order valence-corrected chi connectivity index (χ0v) is 10.2. The Kier molecular flexibility index (Phi) is 2.04. The molecule has 0 saturated heterocycles. The molecule has 1 aromatic heterocycles. The van der Waals surface area contributed by atoms with Crippen LogP contribution in [0.2, 0.25) is 0 Å². The highest BCUT2D eigenvalue weighted by Gasteiger charge is 2.46. The molecule has 4 rings (SSSR count). The molecule has 2 saturated carbocycles. The number of fused-ring (bicyclic) bond motifs is 3. The Morgan fingerprint density at radius 1 is 1.17 bits per heavy atom. The summed E-state index contributed by atoms with van der Waals surface area (Å²) in [5, 5.41) is 14.2. The molecule has 2 bridgehead atoms. The van der Waals surface area contributed by atoms with E-state index in [-0.39, 0.29) is 6.04 Å². The van der Waals surface area contributed by atoms with Crippen LogP contribution in [0.3, 0.4) is 0 Å². The predicted molar refractivity (Wildman–Crippen MR) is 71.0 cm³/mol. The van der Waals surface area contributed by atoms with Crippen LogP contribution in [0.1, 0.15) is 25.3 Å². The van der Waals surface area contributed by atoms with Gasteiger partial charge in [0.2, 0.25) is 0 Å². The van der Waals surface area contributed by atoms with Crippen LogP contribution in [0.4, 0.5) is 0 Å². The molecule has 1 aromatic carbocycles. The second-order valence-electron chi connectivity index (χ2n) is 5.52. The van der Waals surface area contributed by atoms with E-state index in [9.17, 15) is 5.21 Å². The third-order valence-corrected chi connectivity index (χ3v) is 4.69. The van der Waals surface area contributed by atoms with Crippen molar-refractivity contribution in [3.05, 3.63) is 36.5 Å². The first-order chi connectivity index (χ1) is 8.88. The Hall–Kier alpha value is -1.77. The molecule has 2 fully saturated rings. The molecule has 2 aliphatic carbocycles. The zero-order chi connectivity index (χ0) is 12.1. The second kappa shape index (κ2) is 3.61. The maximum absolute atomic E-state index is 9.30. The van der Waals surface area contributed by atoms with Gasteiger partial charge in [0, 0.05) is 17.6 Å². The third-order valence-electron chi connectivity index (χ3n) is 4.69. The SMILES string of the molecule is O/N=C1/C2CCC(C2)C1n1ccc2ccccc21. The van der Waals surface area contributed by atoms with E-state index in [2.05, 4.69) is 46.3 Å². The summed E-state index contributed by atoms with van der Waals surface area (Å²) >= 11 is 0. The molecule has 3 nitrogen and oxygen atoms in total. The minimum atomic E-state index is 0.272. The standard InChI is InChI=1S/C15H16N2O/c18-16-14-11-5-6-12(9-11)15(14)17-8-7-10-3-1-2-4-13(10)17/h1-4,7-8,11-12,15,18H,5-6,9H2/b16-14-. The number of aromatic nitrogens is 1. The summed E-state index contributed by atoms with van der Waals surface area (Å²) in [7, 11) is 0. The monoisotopic (exact) mass is 240 g/mol. The van der Waals surface area contributed by atoms with E-state index in [1.807, 2.05) is 0 Å². The van der Waals surface area contributed by atoms with Gasteiger partial charge in [0.1, 0.15) is 0 Å². The van der Waals surface area contributed by atoms with Gasteiger partial charge in [-0.05, 0) is 42.7 Å². The summed E-state index contributed by atoms with van der Waals surface area (Å²) < 4.78 is 2.30. The van der Waals surface area contributed by atoms with Crippen LogP contribution in [-0.4, -0.2) is 15.5 Å². The van der Waals surface area contributed by atoms with Gasteiger partial charge in [-0.3, -0.25) is 0 Å². The van der Waals surface area contributed by atoms with E-state index in [1.165, 1.54) is 30.2 Å². The number of para-hydroxylation sites is 1. The van der Waals surface area contributed by atoms with Crippen molar-refractivity contribution < 1.29 is 5.21 Å². The minimum absolute atomic E-state index is 0.272. The summed E-state index contributed by atoms with van der Waals surface area (Å²) in [6, 6.07) is 10.8. The number of oxime groups is 1. The van der Waals surface area contributed by atoms with Crippen LogP contribution in [0.25, 0.3) is 10.9 Å². The summed E-state index contributed by atoms with van der Waals surface area (Å²) in [6.45, 7) is 0. The van der Waals surface area contributed by atoms with Gasteiger partial charge in [-0.15, -0.1) is 0 Å². The maximum Gasteiger partial charge on any atom is 0.0832 e. The Bertz CT molecular complexity index is 628. The third kappa shape index (κ3) is 1.22. The molecule has 18 heavy (non-hydrogen) atoms. The normalized spacial score (nSPS) is 32.7. The lowest BCUT2D eigenvalue weighted by Gasteiger charge is -2.25. The summed E-state index contributed by atoms with van der Waals surface area (Å²) in [5.74, 6) is 1.16. The van der Waals surface area contributed by atoms with Crippen molar-refractivity contribution in [1.29, 1.82) is 0 Å². The number of nitrogens with zero attached hydrogens (tertiary/aromatic N) is 2. The van der Waals surface area contributed by atoms with Crippen LogP contribution in [0.5, 0.6) is 0 Å². The molecule has 2 aliphatic rings. The van der Waals surface area contributed by atoms with Gasteiger partial charge in [-0.25, -0.2) is 0 Å². The van der Waals surface area contributed by atoms with Crippen LogP contribution in [0, 0.1) is 11.8 Å². The number of rotatable bonds is 1. The quantitative estimate of drug-likeness (QED) is 0.601. The molecule has 0 spiro atoms. The topological polar surface area (TPSA) is 37.5 Å². The first-order valence-corrected chi connectivity index (χ1v) is 6.66. The minimum Gasteiger partial charge on any atom is -0.411 e. The average molecular weight is 240 g/mol. The lowest BCUT2D eigenvalue weighted by atomic mass is 9.93. The van der Waals surface area contributed by atoms with Crippen molar-refractivity contribution in [3.63, 3.8) is 0 Å². The predicted octanol–water partition coefficient (Wildman–Crippen LogP) is 3.44. The van der Waals surface area contributed by atoms with Crippen LogP contribution in [-0.2, 0) is 0 Å². The lowest BCUT2D eigenvalue weighted by Crippen LogP contribution is -2.25. The van der Waals surface area contributed by atoms with E-state index in [0.717, 1.165) is 5.71 Å². The lowest BCUT2D eigenvalue weighted by molar-refractivity contribution is 0.307. The van der Waals surface area contributed by atoms with Crippen molar-refractivity contribution in [2.24, 2.45) is 17.0 Å². The summed E-state index contributed by atoms with van der Waals surface area (Å²) in [5.41, 5.74) is 2.24. The highest BCUT2D eigenvalue weighted by Crippen LogP contribution is 2.49. The highest BCUT2D eigenvalue weighted by atomic mass is 16.4. The van der Waals surface area contributed by atoms with E-state index < -0.39 is 0 Å². The van der Waals surface area contributed by atoms with Crippen LogP contribution < -0.4 is 0 Å². The van der Waals surface area contributed by atoms with Crippen molar-refractivity contribution in [1.82, 2.24) is 4.57 Å². The Morgan fingerprint density at radius 2 is 2.06 bits per heavy atom. The highest BCUT2D eigenvalue weighted by molar-refractivity contribution is 5.94. The number of benzene rings is 1. The van der Waals surface area contributed by atoms with Crippen molar-refractivity contribution in [2.75, 3.05) is 0 Å². The van der Waals surface area contributed by atoms with E-state index >= 15 is 0 Å². The Labute approximate surface area is 106 Å². The van der Waals surface area contributed by atoms with E-state index in [1.54, 1.807) is 0 Å². The molecule has 2 aromatic rings. The molecule has 1 N–H and O–H groups in total. The maximum atomic E-state index is 9.30. The molecule has 3 unspecified atom stereocenters. The van der Waals surface area contributed by atoms with Crippen molar-refractivity contribution >= 4 is 16.6 Å². The van der Waals surface area contributed by atoms with Gasteiger partial charge in [0.15, 0.2) is 0 Å². The van der Waals surface area contributed by atoms with Crippen LogP contribution in [0.15, 0.2) is 41.7 Å². The fraction of sp³-hybridized carbons (Fsp3) is 0.400. The molecule has 92 valence electrons. The summed E-state index contributed by atoms with van der Waals surface area (Å²) in [4.78, 5) is 0. The molecule has 0 radical (unpaired) electrons. The summed E-state index contributed by atoms with van der Waals surface area (Å²) in [6.07, 6.45) is 5.79. The van der Waals surface area contributed by atoms with Gasteiger partial charge in [0.05, 0.1) is 11.8 Å². The van der Waals surface area contributed by atoms with Gasteiger partial charge >= 0.3 is 0 Å². The first kappa shape index (κ1) is 10.2. The number of hydrogen-bond acceptors (Lipinski definition) is 2. The van der Waals surface area contributed by atoms with Crippen molar-refractivity contribution in [3.8, 4) is 0 Å². The van der Waals surface area contributed by atoms with Gasteiger partial charge in [0.25, 0.3) is 0 Å². The van der Waals surface area contributed by atoms with Gasteiger partial charge in [-0.1, -0.05) is 23.4 Å². The zero-order valence-electron chi connectivity index (χ0n) is 10.2. The van der Waals surface area contributed by atoms with Crippen LogP contribution >= 0.6 is 0 Å². The average Bonchev–Trinajstić information content (AvgIpc) is 3.11. The molecule has 0 aliphatic heterocycles. The molecular weight excluding hydrogens is 224 g/mol. The van der Waals surface area contributed by atoms with Gasteiger partial charge < -0.3 is 9.77 Å². The molecule has 3 heteroatoms. The largest absolute Gasteiger partial charge is 0.411 e. The molecule has 1 heterocycles. The smallest absolute Gasteiger partial charge is 0.0832 e. The molecule has 0 amide bonds. The van der Waals surface area contributed by atoms with E-state index in [0.29, 0.717) is 11.8 Å². The number of hydrogen-bond donors (Lipinski definition) is 1. The molecular formula is C15H16N2O. The van der Waals surface area contributed by atoms with Gasteiger partial charge in [-0.2, -0.15) is 0 Å².